The maximum Gasteiger partial charge on any atom is 0.247 e. The molecule has 1 amide bonds. The fourth-order valence-corrected chi connectivity index (χ4v) is 2.53. The van der Waals surface area contributed by atoms with Crippen molar-refractivity contribution in [2.75, 3.05) is 10.6 Å². The predicted octanol–water partition coefficient (Wildman–Crippen LogP) is 3.02. The third kappa shape index (κ3) is 2.47. The molecule has 1 aliphatic rings. The van der Waals surface area contributed by atoms with E-state index in [9.17, 15) is 4.79 Å². The van der Waals surface area contributed by atoms with Crippen molar-refractivity contribution in [3.05, 3.63) is 52.8 Å². The van der Waals surface area contributed by atoms with Gasteiger partial charge in [0, 0.05) is 12.1 Å². The quantitative estimate of drug-likeness (QED) is 0.835. The van der Waals surface area contributed by atoms with Crippen LogP contribution in [0, 0.1) is 6.92 Å². The van der Waals surface area contributed by atoms with Gasteiger partial charge in [-0.2, -0.15) is 0 Å². The van der Waals surface area contributed by atoms with Crippen LogP contribution in [0.1, 0.15) is 11.3 Å². The average molecular weight is 288 g/mol. The lowest BCUT2D eigenvalue weighted by atomic mass is 10.1. The standard InChI is InChI=1S/C15H14ClN3O/c1-9-11(6-7-14(16)17-9)19-15(20)13-8-10-4-2-3-5-12(10)18-13/h2-7,13,18H,8H2,1H3,(H,19,20)/t13-/m0/s1. The van der Waals surface area contributed by atoms with Crippen LogP contribution < -0.4 is 10.6 Å². The minimum atomic E-state index is -0.248. The second kappa shape index (κ2) is 5.13. The molecule has 2 heterocycles. The number of hydrogen-bond acceptors (Lipinski definition) is 3. The Morgan fingerprint density at radius 1 is 1.35 bits per heavy atom. The molecular weight excluding hydrogens is 274 g/mol. The largest absolute Gasteiger partial charge is 0.373 e. The number of hydrogen-bond donors (Lipinski definition) is 2. The van der Waals surface area contributed by atoms with Gasteiger partial charge in [-0.25, -0.2) is 4.98 Å². The van der Waals surface area contributed by atoms with E-state index < -0.39 is 0 Å². The van der Waals surface area contributed by atoms with Crippen molar-refractivity contribution in [3.8, 4) is 0 Å². The molecule has 1 aromatic heterocycles. The highest BCUT2D eigenvalue weighted by molar-refractivity contribution is 6.29. The summed E-state index contributed by atoms with van der Waals surface area (Å²) in [7, 11) is 0. The Hall–Kier alpha value is -2.07. The van der Waals surface area contributed by atoms with Gasteiger partial charge in [-0.1, -0.05) is 29.8 Å². The number of rotatable bonds is 2. The van der Waals surface area contributed by atoms with Crippen LogP contribution in [-0.2, 0) is 11.2 Å². The Kier molecular flexibility index (Phi) is 3.32. The molecule has 3 rings (SSSR count). The topological polar surface area (TPSA) is 54.0 Å². The van der Waals surface area contributed by atoms with Crippen molar-refractivity contribution in [1.82, 2.24) is 4.98 Å². The molecule has 0 saturated carbocycles. The average Bonchev–Trinajstić information content (AvgIpc) is 2.86. The first-order valence-electron chi connectivity index (χ1n) is 6.42. The molecule has 0 bridgehead atoms. The van der Waals surface area contributed by atoms with E-state index in [1.807, 2.05) is 31.2 Å². The molecule has 1 aliphatic heterocycles. The number of fused-ring (bicyclic) bond motifs is 1. The zero-order valence-electron chi connectivity index (χ0n) is 11.0. The zero-order valence-corrected chi connectivity index (χ0v) is 11.7. The number of amides is 1. The number of carbonyl (C=O) groups is 1. The number of anilines is 2. The van der Waals surface area contributed by atoms with Crippen molar-refractivity contribution in [3.63, 3.8) is 0 Å². The Balaban J connectivity index is 1.72. The summed E-state index contributed by atoms with van der Waals surface area (Å²) >= 11 is 5.81. The van der Waals surface area contributed by atoms with Gasteiger partial charge in [-0.05, 0) is 30.7 Å². The first-order chi connectivity index (χ1) is 9.63. The van der Waals surface area contributed by atoms with E-state index in [4.69, 9.17) is 11.6 Å². The monoisotopic (exact) mass is 287 g/mol. The first kappa shape index (κ1) is 12.9. The summed E-state index contributed by atoms with van der Waals surface area (Å²) in [6, 6.07) is 11.1. The van der Waals surface area contributed by atoms with E-state index in [1.54, 1.807) is 12.1 Å². The molecule has 5 heteroatoms. The predicted molar refractivity (Wildman–Crippen MR) is 80.2 cm³/mol. The van der Waals surface area contributed by atoms with Crippen LogP contribution in [0.25, 0.3) is 0 Å². The molecule has 2 N–H and O–H groups in total. The van der Waals surface area contributed by atoms with Crippen molar-refractivity contribution in [2.45, 2.75) is 19.4 Å². The molecule has 0 fully saturated rings. The van der Waals surface area contributed by atoms with Crippen LogP contribution in [0.4, 0.5) is 11.4 Å². The normalized spacial score (nSPS) is 16.4. The van der Waals surface area contributed by atoms with Crippen molar-refractivity contribution in [1.29, 1.82) is 0 Å². The third-order valence-corrected chi connectivity index (χ3v) is 3.61. The van der Waals surface area contributed by atoms with E-state index in [2.05, 4.69) is 15.6 Å². The maximum atomic E-state index is 12.3. The van der Waals surface area contributed by atoms with Crippen LogP contribution in [0.5, 0.6) is 0 Å². The summed E-state index contributed by atoms with van der Waals surface area (Å²) in [6.07, 6.45) is 0.697. The molecule has 2 aromatic rings. The van der Waals surface area contributed by atoms with Gasteiger partial charge in [0.05, 0.1) is 11.4 Å². The highest BCUT2D eigenvalue weighted by Gasteiger charge is 2.26. The number of para-hydroxylation sites is 1. The molecule has 0 unspecified atom stereocenters. The Bertz CT molecular complexity index is 647. The summed E-state index contributed by atoms with van der Waals surface area (Å²) in [4.78, 5) is 16.4. The highest BCUT2D eigenvalue weighted by Crippen LogP contribution is 2.26. The van der Waals surface area contributed by atoms with Crippen molar-refractivity contribution >= 4 is 28.9 Å². The molecule has 0 radical (unpaired) electrons. The smallest absolute Gasteiger partial charge is 0.247 e. The Labute approximate surface area is 122 Å². The fraction of sp³-hybridized carbons (Fsp3) is 0.200. The number of nitrogens with one attached hydrogen (secondary N) is 2. The van der Waals surface area contributed by atoms with Gasteiger partial charge in [0.25, 0.3) is 0 Å². The van der Waals surface area contributed by atoms with Gasteiger partial charge in [-0.15, -0.1) is 0 Å². The molecule has 1 aromatic carbocycles. The van der Waals surface area contributed by atoms with Crippen LogP contribution in [0.15, 0.2) is 36.4 Å². The summed E-state index contributed by atoms with van der Waals surface area (Å²) in [5.41, 5.74) is 3.59. The summed E-state index contributed by atoms with van der Waals surface area (Å²) in [6.45, 7) is 1.82. The first-order valence-corrected chi connectivity index (χ1v) is 6.80. The zero-order chi connectivity index (χ0) is 14.1. The lowest BCUT2D eigenvalue weighted by Crippen LogP contribution is -2.33. The maximum absolute atomic E-state index is 12.3. The Morgan fingerprint density at radius 3 is 2.90 bits per heavy atom. The van der Waals surface area contributed by atoms with Crippen LogP contribution in [0.2, 0.25) is 5.15 Å². The van der Waals surface area contributed by atoms with Gasteiger partial charge in [0.15, 0.2) is 0 Å². The minimum Gasteiger partial charge on any atom is -0.373 e. The van der Waals surface area contributed by atoms with Gasteiger partial charge >= 0.3 is 0 Å². The number of pyridine rings is 1. The summed E-state index contributed by atoms with van der Waals surface area (Å²) in [5.74, 6) is -0.0616. The van der Waals surface area contributed by atoms with E-state index >= 15 is 0 Å². The van der Waals surface area contributed by atoms with E-state index in [-0.39, 0.29) is 11.9 Å². The molecule has 20 heavy (non-hydrogen) atoms. The van der Waals surface area contributed by atoms with Crippen LogP contribution in [0.3, 0.4) is 0 Å². The van der Waals surface area contributed by atoms with Crippen LogP contribution >= 0.6 is 11.6 Å². The fourth-order valence-electron chi connectivity index (χ4n) is 2.34. The lowest BCUT2D eigenvalue weighted by Gasteiger charge is -2.13. The number of carbonyl (C=O) groups excluding carboxylic acids is 1. The SMILES string of the molecule is Cc1nc(Cl)ccc1NC(=O)[C@@H]1Cc2ccccc2N1. The van der Waals surface area contributed by atoms with Gasteiger partial charge in [0.1, 0.15) is 11.2 Å². The molecular formula is C15H14ClN3O. The van der Waals surface area contributed by atoms with E-state index in [1.165, 1.54) is 5.56 Å². The Morgan fingerprint density at radius 2 is 2.15 bits per heavy atom. The molecule has 102 valence electrons. The second-order valence-electron chi connectivity index (χ2n) is 4.81. The minimum absolute atomic E-state index is 0.0616. The molecule has 0 aliphatic carbocycles. The van der Waals surface area contributed by atoms with Crippen molar-refractivity contribution in [2.24, 2.45) is 0 Å². The van der Waals surface area contributed by atoms with Gasteiger partial charge in [-0.3, -0.25) is 4.79 Å². The lowest BCUT2D eigenvalue weighted by molar-refractivity contribution is -0.116. The number of benzene rings is 1. The number of aromatic nitrogens is 1. The van der Waals surface area contributed by atoms with Gasteiger partial charge < -0.3 is 10.6 Å². The van der Waals surface area contributed by atoms with E-state index in [0.29, 0.717) is 23.0 Å². The third-order valence-electron chi connectivity index (χ3n) is 3.40. The molecule has 4 nitrogen and oxygen atoms in total. The van der Waals surface area contributed by atoms with Crippen LogP contribution in [-0.4, -0.2) is 16.9 Å². The number of nitrogens with zero attached hydrogens (tertiary/aromatic N) is 1. The summed E-state index contributed by atoms with van der Waals surface area (Å²) < 4.78 is 0. The second-order valence-corrected chi connectivity index (χ2v) is 5.20. The van der Waals surface area contributed by atoms with E-state index in [0.717, 1.165) is 5.69 Å². The molecule has 0 saturated heterocycles. The number of halogens is 1. The summed E-state index contributed by atoms with van der Waals surface area (Å²) in [5, 5.41) is 6.54. The molecule has 0 spiro atoms. The highest BCUT2D eigenvalue weighted by atomic mass is 35.5. The number of aryl methyl sites for hydroxylation is 1. The molecule has 1 atom stereocenters. The van der Waals surface area contributed by atoms with Crippen molar-refractivity contribution < 1.29 is 4.79 Å². The van der Waals surface area contributed by atoms with Gasteiger partial charge in [0.2, 0.25) is 5.91 Å².